The quantitative estimate of drug-likeness (QED) is 0.817. The van der Waals surface area contributed by atoms with Crippen LogP contribution in [0.3, 0.4) is 0 Å². The van der Waals surface area contributed by atoms with E-state index < -0.39 is 15.6 Å². The lowest BCUT2D eigenvalue weighted by atomic mass is 10.0. The lowest BCUT2D eigenvalue weighted by molar-refractivity contribution is 0.444. The summed E-state index contributed by atoms with van der Waals surface area (Å²) >= 11 is 10.5. The number of sulfonamides is 1. The second kappa shape index (κ2) is 5.57. The van der Waals surface area contributed by atoms with E-state index in [1.807, 2.05) is 6.92 Å². The van der Waals surface area contributed by atoms with Gasteiger partial charge in [-0.15, -0.1) is 22.9 Å². The minimum atomic E-state index is -3.51. The molecule has 1 aromatic rings. The zero-order chi connectivity index (χ0) is 13.3. The second-order valence-corrected chi connectivity index (χ2v) is 8.68. The van der Waals surface area contributed by atoms with Gasteiger partial charge in [0.05, 0.1) is 8.68 Å². The summed E-state index contributed by atoms with van der Waals surface area (Å²) in [6.45, 7) is 5.49. The van der Waals surface area contributed by atoms with Gasteiger partial charge in [0.1, 0.15) is 0 Å². The molecular weight excluding hydrogens is 346 g/mol. The first-order chi connectivity index (χ1) is 7.74. The van der Waals surface area contributed by atoms with E-state index in [1.54, 1.807) is 19.9 Å². The molecule has 1 aromatic heterocycles. The van der Waals surface area contributed by atoms with Crippen molar-refractivity contribution in [1.82, 2.24) is 4.72 Å². The lowest BCUT2D eigenvalue weighted by Crippen LogP contribution is -2.46. The molecule has 17 heavy (non-hydrogen) atoms. The number of thiophene rings is 1. The maximum absolute atomic E-state index is 12.2. The van der Waals surface area contributed by atoms with Crippen LogP contribution in [0.25, 0.3) is 0 Å². The topological polar surface area (TPSA) is 46.2 Å². The number of aryl methyl sites for hydroxylation is 1. The molecule has 0 aliphatic rings. The third kappa shape index (κ3) is 3.67. The normalized spacial score (nSPS) is 15.8. The van der Waals surface area contributed by atoms with Crippen LogP contribution in [0.15, 0.2) is 14.7 Å². The van der Waals surface area contributed by atoms with Crippen molar-refractivity contribution in [3.8, 4) is 0 Å². The highest BCUT2D eigenvalue weighted by Gasteiger charge is 2.29. The van der Waals surface area contributed by atoms with E-state index in [1.165, 1.54) is 11.3 Å². The molecule has 1 heterocycles. The Morgan fingerprint density at radius 3 is 2.53 bits per heavy atom. The van der Waals surface area contributed by atoms with Crippen LogP contribution in [0, 0.1) is 6.92 Å². The smallest absolute Gasteiger partial charge is 0.207 e. The van der Waals surface area contributed by atoms with Gasteiger partial charge in [-0.1, -0.05) is 6.92 Å². The molecule has 1 atom stereocenters. The molecule has 0 saturated carbocycles. The Morgan fingerprint density at radius 2 is 2.18 bits per heavy atom. The third-order valence-corrected chi connectivity index (χ3v) is 6.62. The van der Waals surface area contributed by atoms with Crippen molar-refractivity contribution in [3.05, 3.63) is 14.7 Å². The van der Waals surface area contributed by atoms with E-state index in [2.05, 4.69) is 20.7 Å². The molecule has 0 bridgehead atoms. The summed E-state index contributed by atoms with van der Waals surface area (Å²) in [4.78, 5) is 1.08. The molecule has 1 rings (SSSR count). The maximum atomic E-state index is 12.2. The van der Waals surface area contributed by atoms with Crippen molar-refractivity contribution < 1.29 is 8.42 Å². The summed E-state index contributed by atoms with van der Waals surface area (Å²) < 4.78 is 27.9. The standard InChI is InChI=1S/C10H15BrClNO2S2/c1-4-10(3,6-12)13-17(14,15)8-5-9(11)16-7(8)2/h5,13H,4,6H2,1-3H3. The summed E-state index contributed by atoms with van der Waals surface area (Å²) in [6.07, 6.45) is 0.639. The van der Waals surface area contributed by atoms with Crippen LogP contribution in [0.1, 0.15) is 25.1 Å². The van der Waals surface area contributed by atoms with Crippen LogP contribution in [0.2, 0.25) is 0 Å². The Labute approximate surface area is 120 Å². The van der Waals surface area contributed by atoms with Gasteiger partial charge in [0.15, 0.2) is 0 Å². The molecule has 0 spiro atoms. The first-order valence-electron chi connectivity index (χ1n) is 5.10. The Balaban J connectivity index is 3.09. The van der Waals surface area contributed by atoms with Crippen molar-refractivity contribution in [2.75, 3.05) is 5.88 Å². The van der Waals surface area contributed by atoms with E-state index in [9.17, 15) is 8.42 Å². The minimum Gasteiger partial charge on any atom is -0.207 e. The average Bonchev–Trinajstić information content (AvgIpc) is 2.58. The average molecular weight is 361 g/mol. The first kappa shape index (κ1) is 15.4. The zero-order valence-electron chi connectivity index (χ0n) is 9.88. The van der Waals surface area contributed by atoms with E-state index in [-0.39, 0.29) is 5.88 Å². The van der Waals surface area contributed by atoms with Gasteiger partial charge in [-0.3, -0.25) is 0 Å². The molecule has 98 valence electrons. The molecule has 0 saturated heterocycles. The number of rotatable bonds is 5. The highest BCUT2D eigenvalue weighted by molar-refractivity contribution is 9.11. The fraction of sp³-hybridized carbons (Fsp3) is 0.600. The highest BCUT2D eigenvalue weighted by atomic mass is 79.9. The van der Waals surface area contributed by atoms with Crippen molar-refractivity contribution in [2.24, 2.45) is 0 Å². The molecule has 0 fully saturated rings. The molecule has 0 amide bonds. The predicted molar refractivity (Wildman–Crippen MR) is 76.5 cm³/mol. The predicted octanol–water partition coefficient (Wildman–Crippen LogP) is 3.50. The lowest BCUT2D eigenvalue weighted by Gasteiger charge is -2.26. The molecule has 1 unspecified atom stereocenters. The van der Waals surface area contributed by atoms with Crippen molar-refractivity contribution >= 4 is 48.9 Å². The van der Waals surface area contributed by atoms with Gasteiger partial charge in [-0.05, 0) is 42.3 Å². The summed E-state index contributed by atoms with van der Waals surface area (Å²) in [5.74, 6) is 0.243. The molecule has 0 aromatic carbocycles. The fourth-order valence-corrected chi connectivity index (χ4v) is 5.50. The van der Waals surface area contributed by atoms with Gasteiger partial charge in [0.25, 0.3) is 0 Å². The fourth-order valence-electron chi connectivity index (χ4n) is 1.27. The summed E-state index contributed by atoms with van der Waals surface area (Å²) in [7, 11) is -3.51. The Kier molecular flexibility index (Phi) is 5.06. The van der Waals surface area contributed by atoms with E-state index in [4.69, 9.17) is 11.6 Å². The molecule has 1 N–H and O–H groups in total. The molecule has 3 nitrogen and oxygen atoms in total. The summed E-state index contributed by atoms with van der Waals surface area (Å²) in [5, 5.41) is 0. The molecule has 0 radical (unpaired) electrons. The minimum absolute atomic E-state index is 0.243. The SMILES string of the molecule is CCC(C)(CCl)NS(=O)(=O)c1cc(Br)sc1C. The number of hydrogen-bond acceptors (Lipinski definition) is 3. The van der Waals surface area contributed by atoms with Crippen LogP contribution in [-0.4, -0.2) is 19.8 Å². The van der Waals surface area contributed by atoms with Crippen LogP contribution in [0.4, 0.5) is 0 Å². The van der Waals surface area contributed by atoms with Gasteiger partial charge in [0.2, 0.25) is 10.0 Å². The third-order valence-electron chi connectivity index (χ3n) is 2.59. The highest BCUT2D eigenvalue weighted by Crippen LogP contribution is 2.30. The number of hydrogen-bond donors (Lipinski definition) is 1. The number of alkyl halides is 1. The number of nitrogens with one attached hydrogen (secondary N) is 1. The molecule has 7 heteroatoms. The van der Waals surface area contributed by atoms with Gasteiger partial charge in [0, 0.05) is 16.3 Å². The summed E-state index contributed by atoms with van der Waals surface area (Å²) in [6, 6.07) is 1.62. The monoisotopic (exact) mass is 359 g/mol. The Hall–Kier alpha value is 0.380. The van der Waals surface area contributed by atoms with Crippen LogP contribution >= 0.6 is 38.9 Å². The van der Waals surface area contributed by atoms with E-state index >= 15 is 0 Å². The van der Waals surface area contributed by atoms with Crippen molar-refractivity contribution in [2.45, 2.75) is 37.6 Å². The van der Waals surface area contributed by atoms with Gasteiger partial charge >= 0.3 is 0 Å². The van der Waals surface area contributed by atoms with Crippen LogP contribution in [-0.2, 0) is 10.0 Å². The van der Waals surface area contributed by atoms with Crippen molar-refractivity contribution in [1.29, 1.82) is 0 Å². The second-order valence-electron chi connectivity index (χ2n) is 4.12. The summed E-state index contributed by atoms with van der Waals surface area (Å²) in [5.41, 5.74) is -0.610. The molecule has 0 aliphatic carbocycles. The Morgan fingerprint density at radius 1 is 1.59 bits per heavy atom. The van der Waals surface area contributed by atoms with Gasteiger partial charge in [-0.2, -0.15) is 0 Å². The van der Waals surface area contributed by atoms with Crippen LogP contribution in [0.5, 0.6) is 0 Å². The van der Waals surface area contributed by atoms with Gasteiger partial charge in [-0.25, -0.2) is 13.1 Å². The zero-order valence-corrected chi connectivity index (χ0v) is 13.9. The molecular formula is C10H15BrClNO2S2. The maximum Gasteiger partial charge on any atom is 0.242 e. The van der Waals surface area contributed by atoms with Crippen LogP contribution < -0.4 is 4.72 Å². The van der Waals surface area contributed by atoms with E-state index in [0.29, 0.717) is 11.3 Å². The first-order valence-corrected chi connectivity index (χ1v) is 8.72. The molecule has 0 aliphatic heterocycles. The Bertz CT molecular complexity index is 494. The van der Waals surface area contributed by atoms with E-state index in [0.717, 1.165) is 8.66 Å². The van der Waals surface area contributed by atoms with Crippen molar-refractivity contribution in [3.63, 3.8) is 0 Å². The van der Waals surface area contributed by atoms with Gasteiger partial charge < -0.3 is 0 Å². The number of halogens is 2. The largest absolute Gasteiger partial charge is 0.242 e.